The highest BCUT2D eigenvalue weighted by Crippen LogP contribution is 2.50. The molecule has 4 nitrogen and oxygen atoms in total. The molecule has 1 aliphatic heterocycles. The van der Waals surface area contributed by atoms with E-state index in [1.807, 2.05) is 6.07 Å². The topological polar surface area (TPSA) is 58.2 Å². The summed E-state index contributed by atoms with van der Waals surface area (Å²) in [5.74, 6) is -0.161. The lowest BCUT2D eigenvalue weighted by Gasteiger charge is -2.37. The van der Waals surface area contributed by atoms with Gasteiger partial charge in [-0.1, -0.05) is 53.6 Å². The summed E-state index contributed by atoms with van der Waals surface area (Å²) in [6.45, 7) is 0. The van der Waals surface area contributed by atoms with Crippen LogP contribution in [0.5, 0.6) is 0 Å². The van der Waals surface area contributed by atoms with Gasteiger partial charge in [0, 0.05) is 27.2 Å². The number of benzene rings is 3. The lowest BCUT2D eigenvalue weighted by Crippen LogP contribution is -2.30. The quantitative estimate of drug-likeness (QED) is 0.398. The Kier molecular flexibility index (Phi) is 5.40. The smallest absolute Gasteiger partial charge is 0.261 e. The zero-order valence-corrected chi connectivity index (χ0v) is 19.1. The third-order valence-corrected chi connectivity index (χ3v) is 7.82. The molecule has 2 aliphatic rings. The first-order chi connectivity index (χ1) is 15.3. The summed E-state index contributed by atoms with van der Waals surface area (Å²) in [6.07, 6.45) is 4.94. The minimum Gasteiger partial charge on any atom is -0.378 e. The second-order valence-electron chi connectivity index (χ2n) is 8.01. The minimum absolute atomic E-state index is 0.00776. The van der Waals surface area contributed by atoms with Crippen molar-refractivity contribution in [3.8, 4) is 0 Å². The molecule has 0 spiro atoms. The molecular weight excluding hydrogens is 470 g/mol. The zero-order valence-electron chi connectivity index (χ0n) is 16.7. The van der Waals surface area contributed by atoms with E-state index in [2.05, 4.69) is 22.2 Å². The minimum atomic E-state index is -3.86. The van der Waals surface area contributed by atoms with Gasteiger partial charge < -0.3 is 5.32 Å². The van der Waals surface area contributed by atoms with Crippen LogP contribution in [0.1, 0.15) is 29.5 Å². The van der Waals surface area contributed by atoms with Crippen LogP contribution in [-0.2, 0) is 10.0 Å². The second-order valence-corrected chi connectivity index (χ2v) is 10.6. The standard InChI is InChI=1S/C24H19Cl2FN2O2S/c25-14-10-15(26)12-16(11-14)29-32(30,31)17-8-9-23-21(13-17)18-5-3-6-19(18)24(28-23)20-4-1-2-7-22(20)27/h1-5,7-13,18-19,24,28-29H,6H2/t18-,19+,24-/m0/s1. The van der Waals surface area contributed by atoms with Gasteiger partial charge >= 0.3 is 0 Å². The van der Waals surface area contributed by atoms with E-state index in [0.29, 0.717) is 15.6 Å². The Hall–Kier alpha value is -2.54. The molecule has 1 heterocycles. The normalized spacial score (nSPS) is 21.5. The molecule has 164 valence electrons. The first kappa shape index (κ1) is 21.3. The summed E-state index contributed by atoms with van der Waals surface area (Å²) in [7, 11) is -3.86. The van der Waals surface area contributed by atoms with Crippen LogP contribution in [0.15, 0.2) is 77.7 Å². The highest BCUT2D eigenvalue weighted by Gasteiger charge is 2.39. The van der Waals surface area contributed by atoms with Crippen molar-refractivity contribution < 1.29 is 12.8 Å². The highest BCUT2D eigenvalue weighted by atomic mass is 35.5. The number of rotatable bonds is 4. The predicted molar refractivity (Wildman–Crippen MR) is 126 cm³/mol. The number of allylic oxidation sites excluding steroid dienone is 2. The van der Waals surface area contributed by atoms with E-state index in [1.165, 1.54) is 30.3 Å². The molecule has 0 fully saturated rings. The van der Waals surface area contributed by atoms with E-state index in [4.69, 9.17) is 23.2 Å². The molecule has 0 radical (unpaired) electrons. The van der Waals surface area contributed by atoms with Gasteiger partial charge in [0.2, 0.25) is 0 Å². The maximum atomic E-state index is 14.5. The number of anilines is 2. The number of nitrogens with one attached hydrogen (secondary N) is 2. The van der Waals surface area contributed by atoms with Crippen LogP contribution < -0.4 is 10.0 Å². The summed E-state index contributed by atoms with van der Waals surface area (Å²) in [5.41, 5.74) is 2.59. The molecule has 0 saturated heterocycles. The van der Waals surface area contributed by atoms with Crippen molar-refractivity contribution in [2.75, 3.05) is 10.0 Å². The van der Waals surface area contributed by atoms with Crippen molar-refractivity contribution in [1.82, 2.24) is 0 Å². The summed E-state index contributed by atoms with van der Waals surface area (Å²) < 4.78 is 43.2. The summed E-state index contributed by atoms with van der Waals surface area (Å²) in [4.78, 5) is 0.137. The van der Waals surface area contributed by atoms with Crippen LogP contribution in [0.2, 0.25) is 10.0 Å². The van der Waals surface area contributed by atoms with Crippen molar-refractivity contribution in [1.29, 1.82) is 0 Å². The average molecular weight is 489 g/mol. The number of hydrogen-bond donors (Lipinski definition) is 2. The van der Waals surface area contributed by atoms with Crippen LogP contribution in [0.4, 0.5) is 15.8 Å². The van der Waals surface area contributed by atoms with E-state index < -0.39 is 10.0 Å². The summed E-state index contributed by atoms with van der Waals surface area (Å²) in [5, 5.41) is 4.11. The van der Waals surface area contributed by atoms with Crippen LogP contribution in [0.3, 0.4) is 0 Å². The molecule has 0 amide bonds. The fourth-order valence-electron chi connectivity index (χ4n) is 4.60. The first-order valence-electron chi connectivity index (χ1n) is 10.1. The second kappa shape index (κ2) is 8.10. The molecule has 2 N–H and O–H groups in total. The predicted octanol–water partition coefficient (Wildman–Crippen LogP) is 6.76. The molecule has 0 saturated carbocycles. The van der Waals surface area contributed by atoms with Crippen LogP contribution in [0, 0.1) is 11.7 Å². The Balaban J connectivity index is 1.50. The monoisotopic (exact) mass is 488 g/mol. The third-order valence-electron chi connectivity index (χ3n) is 6.00. The lowest BCUT2D eigenvalue weighted by atomic mass is 9.77. The average Bonchev–Trinajstić information content (AvgIpc) is 3.22. The van der Waals surface area contributed by atoms with E-state index in [0.717, 1.165) is 17.7 Å². The van der Waals surface area contributed by atoms with Gasteiger partial charge in [0.1, 0.15) is 5.82 Å². The Labute approximate surface area is 196 Å². The van der Waals surface area contributed by atoms with Gasteiger partial charge in [-0.3, -0.25) is 4.72 Å². The zero-order chi connectivity index (χ0) is 22.5. The number of fused-ring (bicyclic) bond motifs is 3. The van der Waals surface area contributed by atoms with E-state index in [1.54, 1.807) is 24.3 Å². The van der Waals surface area contributed by atoms with Crippen molar-refractivity contribution in [3.63, 3.8) is 0 Å². The Morgan fingerprint density at radius 1 is 0.969 bits per heavy atom. The van der Waals surface area contributed by atoms with Crippen molar-refractivity contribution in [3.05, 3.63) is 99.8 Å². The molecule has 5 rings (SSSR count). The molecule has 3 atom stereocenters. The molecule has 3 aromatic carbocycles. The summed E-state index contributed by atoms with van der Waals surface area (Å²) in [6, 6.07) is 16.1. The molecule has 1 aliphatic carbocycles. The molecular formula is C24H19Cl2FN2O2S. The van der Waals surface area contributed by atoms with Crippen LogP contribution >= 0.6 is 23.2 Å². The number of sulfonamides is 1. The lowest BCUT2D eigenvalue weighted by molar-refractivity contribution is 0.413. The Morgan fingerprint density at radius 2 is 1.72 bits per heavy atom. The maximum Gasteiger partial charge on any atom is 0.261 e. The van der Waals surface area contributed by atoms with Crippen LogP contribution in [0.25, 0.3) is 0 Å². The van der Waals surface area contributed by atoms with Gasteiger partial charge in [0.25, 0.3) is 10.0 Å². The van der Waals surface area contributed by atoms with Crippen LogP contribution in [-0.4, -0.2) is 8.42 Å². The van der Waals surface area contributed by atoms with E-state index in [9.17, 15) is 12.8 Å². The molecule has 0 bridgehead atoms. The largest absolute Gasteiger partial charge is 0.378 e. The fourth-order valence-corrected chi connectivity index (χ4v) is 6.20. The number of halogens is 3. The SMILES string of the molecule is O=S(=O)(Nc1cc(Cl)cc(Cl)c1)c1ccc2c(c1)[C@H]1C=CC[C@H]1[C@@H](c1ccccc1F)N2. The first-order valence-corrected chi connectivity index (χ1v) is 12.4. The summed E-state index contributed by atoms with van der Waals surface area (Å²) >= 11 is 12.0. The van der Waals surface area contributed by atoms with Gasteiger partial charge in [-0.25, -0.2) is 12.8 Å². The Bertz CT molecular complexity index is 1320. The van der Waals surface area contributed by atoms with E-state index in [-0.39, 0.29) is 34.3 Å². The van der Waals surface area contributed by atoms with Gasteiger partial charge in [0.15, 0.2) is 0 Å². The van der Waals surface area contributed by atoms with Gasteiger partial charge in [-0.15, -0.1) is 0 Å². The molecule has 3 aromatic rings. The van der Waals surface area contributed by atoms with Gasteiger partial charge in [-0.2, -0.15) is 0 Å². The van der Waals surface area contributed by atoms with Crippen molar-refractivity contribution >= 4 is 44.6 Å². The van der Waals surface area contributed by atoms with Gasteiger partial charge in [0.05, 0.1) is 16.6 Å². The molecule has 32 heavy (non-hydrogen) atoms. The third kappa shape index (κ3) is 3.87. The Morgan fingerprint density at radius 3 is 2.47 bits per heavy atom. The van der Waals surface area contributed by atoms with Crippen molar-refractivity contribution in [2.45, 2.75) is 23.3 Å². The fraction of sp³-hybridized carbons (Fsp3) is 0.167. The number of hydrogen-bond acceptors (Lipinski definition) is 3. The molecule has 0 unspecified atom stereocenters. The van der Waals surface area contributed by atoms with E-state index >= 15 is 0 Å². The molecule has 8 heteroatoms. The highest BCUT2D eigenvalue weighted by molar-refractivity contribution is 7.92. The molecule has 0 aromatic heterocycles. The van der Waals surface area contributed by atoms with Crippen molar-refractivity contribution in [2.24, 2.45) is 5.92 Å². The maximum absolute atomic E-state index is 14.5. The van der Waals surface area contributed by atoms with Gasteiger partial charge in [-0.05, 0) is 60.4 Å².